The van der Waals surface area contributed by atoms with Gasteiger partial charge in [-0.05, 0) is 45.9 Å². The molecule has 1 saturated heterocycles. The maximum absolute atomic E-state index is 12.5. The van der Waals surface area contributed by atoms with E-state index in [4.69, 9.17) is 0 Å². The van der Waals surface area contributed by atoms with Crippen LogP contribution in [0.3, 0.4) is 0 Å². The number of benzene rings is 1. The first-order valence-electron chi connectivity index (χ1n) is 6.46. The Labute approximate surface area is 110 Å². The van der Waals surface area contributed by atoms with Crippen LogP contribution in [0.15, 0.2) is 29.2 Å². The number of rotatable bonds is 3. The van der Waals surface area contributed by atoms with Crippen LogP contribution in [0.5, 0.6) is 0 Å². The van der Waals surface area contributed by atoms with Crippen molar-refractivity contribution >= 4 is 9.84 Å². The molecule has 3 nitrogen and oxygen atoms in total. The number of hydrogen-bond donors (Lipinski definition) is 0. The van der Waals surface area contributed by atoms with Gasteiger partial charge in [0.25, 0.3) is 0 Å². The zero-order valence-corrected chi connectivity index (χ0v) is 12.1. The van der Waals surface area contributed by atoms with Crippen LogP contribution < -0.4 is 0 Å². The fourth-order valence-electron chi connectivity index (χ4n) is 2.40. The number of sulfone groups is 1. The Morgan fingerprint density at radius 3 is 2.33 bits per heavy atom. The van der Waals surface area contributed by atoms with E-state index < -0.39 is 9.84 Å². The van der Waals surface area contributed by atoms with Crippen LogP contribution in [0.25, 0.3) is 0 Å². The lowest BCUT2D eigenvalue weighted by Gasteiger charge is -2.20. The normalized spacial score (nSPS) is 21.7. The Kier molecular flexibility index (Phi) is 3.78. The molecule has 1 unspecified atom stereocenters. The highest BCUT2D eigenvalue weighted by Crippen LogP contribution is 2.25. The summed E-state index contributed by atoms with van der Waals surface area (Å²) in [5, 5.41) is -0.248. The van der Waals surface area contributed by atoms with Crippen LogP contribution in [0.4, 0.5) is 0 Å². The number of aryl methyl sites for hydroxylation is 1. The van der Waals surface area contributed by atoms with Gasteiger partial charge in [-0.15, -0.1) is 0 Å². The summed E-state index contributed by atoms with van der Waals surface area (Å²) < 4.78 is 25.0. The van der Waals surface area contributed by atoms with E-state index in [1.54, 1.807) is 12.1 Å². The van der Waals surface area contributed by atoms with Crippen molar-refractivity contribution in [2.75, 3.05) is 13.1 Å². The molecule has 1 atom stereocenters. The highest BCUT2D eigenvalue weighted by Gasteiger charge is 2.34. The van der Waals surface area contributed by atoms with E-state index in [1.165, 1.54) is 0 Å². The van der Waals surface area contributed by atoms with Crippen LogP contribution in [0.2, 0.25) is 0 Å². The molecule has 100 valence electrons. The first-order chi connectivity index (χ1) is 8.41. The minimum Gasteiger partial charge on any atom is -0.300 e. The van der Waals surface area contributed by atoms with Crippen molar-refractivity contribution in [3.63, 3.8) is 0 Å². The summed E-state index contributed by atoms with van der Waals surface area (Å²) in [6, 6.07) is 7.60. The number of likely N-dealkylation sites (tertiary alicyclic amines) is 1. The topological polar surface area (TPSA) is 37.4 Å². The molecule has 18 heavy (non-hydrogen) atoms. The first-order valence-corrected chi connectivity index (χ1v) is 8.00. The molecule has 2 rings (SSSR count). The molecule has 0 aromatic heterocycles. The molecule has 1 aliphatic rings. The lowest BCUT2D eigenvalue weighted by atomic mass is 10.2. The van der Waals surface area contributed by atoms with E-state index in [0.29, 0.717) is 17.5 Å². The average Bonchev–Trinajstić information content (AvgIpc) is 2.79. The molecule has 0 radical (unpaired) electrons. The van der Waals surface area contributed by atoms with Gasteiger partial charge in [-0.3, -0.25) is 4.90 Å². The molecule has 1 heterocycles. The molecule has 1 aromatic rings. The van der Waals surface area contributed by atoms with E-state index in [1.807, 2.05) is 19.1 Å². The Hall–Kier alpha value is -0.870. The summed E-state index contributed by atoms with van der Waals surface area (Å²) in [6.45, 7) is 7.73. The molecule has 4 heteroatoms. The maximum Gasteiger partial charge on any atom is 0.182 e. The van der Waals surface area contributed by atoms with Crippen LogP contribution in [-0.4, -0.2) is 37.7 Å². The summed E-state index contributed by atoms with van der Waals surface area (Å²) in [7, 11) is -3.16. The maximum atomic E-state index is 12.5. The highest BCUT2D eigenvalue weighted by molar-refractivity contribution is 7.92. The Morgan fingerprint density at radius 2 is 1.83 bits per heavy atom. The summed E-state index contributed by atoms with van der Waals surface area (Å²) in [5.41, 5.74) is 1.09. The van der Waals surface area contributed by atoms with Crippen molar-refractivity contribution in [1.29, 1.82) is 0 Å². The monoisotopic (exact) mass is 267 g/mol. The molecule has 0 bridgehead atoms. The second-order valence-corrected chi connectivity index (χ2v) is 7.59. The summed E-state index contributed by atoms with van der Waals surface area (Å²) >= 11 is 0. The van der Waals surface area contributed by atoms with Crippen LogP contribution in [-0.2, 0) is 9.84 Å². The third-order valence-electron chi connectivity index (χ3n) is 3.70. The second kappa shape index (κ2) is 5.02. The van der Waals surface area contributed by atoms with Gasteiger partial charge in [-0.2, -0.15) is 0 Å². The van der Waals surface area contributed by atoms with Gasteiger partial charge < -0.3 is 0 Å². The van der Waals surface area contributed by atoms with Gasteiger partial charge in [-0.1, -0.05) is 17.7 Å². The molecule has 0 aliphatic carbocycles. The van der Waals surface area contributed by atoms with Crippen molar-refractivity contribution in [3.05, 3.63) is 29.8 Å². The molecule has 0 saturated carbocycles. The van der Waals surface area contributed by atoms with E-state index in [2.05, 4.69) is 18.7 Å². The quantitative estimate of drug-likeness (QED) is 0.843. The van der Waals surface area contributed by atoms with Crippen LogP contribution in [0, 0.1) is 6.92 Å². The van der Waals surface area contributed by atoms with E-state index in [0.717, 1.165) is 18.5 Å². The van der Waals surface area contributed by atoms with Gasteiger partial charge >= 0.3 is 0 Å². The summed E-state index contributed by atoms with van der Waals surface area (Å²) in [5.74, 6) is 0. The van der Waals surface area contributed by atoms with Gasteiger partial charge in [0.2, 0.25) is 0 Å². The zero-order chi connectivity index (χ0) is 13.3. The molecule has 1 aliphatic heterocycles. The van der Waals surface area contributed by atoms with E-state index >= 15 is 0 Å². The molecule has 0 N–H and O–H groups in total. The SMILES string of the molecule is Cc1ccc(S(=O)(=O)C2CCN(C(C)C)C2)cc1. The van der Waals surface area contributed by atoms with Crippen molar-refractivity contribution in [2.24, 2.45) is 0 Å². The second-order valence-electron chi connectivity index (χ2n) is 5.36. The van der Waals surface area contributed by atoms with E-state index in [-0.39, 0.29) is 5.25 Å². The van der Waals surface area contributed by atoms with Crippen molar-refractivity contribution < 1.29 is 8.42 Å². The fourth-order valence-corrected chi connectivity index (χ4v) is 4.10. The number of nitrogens with zero attached hydrogens (tertiary/aromatic N) is 1. The number of hydrogen-bond acceptors (Lipinski definition) is 3. The minimum atomic E-state index is -3.16. The van der Waals surface area contributed by atoms with E-state index in [9.17, 15) is 8.42 Å². The molecular weight excluding hydrogens is 246 g/mol. The highest BCUT2D eigenvalue weighted by atomic mass is 32.2. The third kappa shape index (κ3) is 2.59. The fraction of sp³-hybridized carbons (Fsp3) is 0.571. The Bertz CT molecular complexity index is 505. The lowest BCUT2D eigenvalue weighted by Crippen LogP contribution is -2.31. The van der Waals surface area contributed by atoms with Gasteiger partial charge in [0.15, 0.2) is 9.84 Å². The van der Waals surface area contributed by atoms with Gasteiger partial charge in [0.05, 0.1) is 10.1 Å². The standard InChI is InChI=1S/C14H21NO2S/c1-11(2)15-9-8-14(10-15)18(16,17)13-6-4-12(3)5-7-13/h4-7,11,14H,8-10H2,1-3H3. The van der Waals surface area contributed by atoms with Crippen molar-refractivity contribution in [1.82, 2.24) is 4.90 Å². The zero-order valence-electron chi connectivity index (χ0n) is 11.3. The molecular formula is C14H21NO2S. The largest absolute Gasteiger partial charge is 0.300 e. The van der Waals surface area contributed by atoms with Gasteiger partial charge in [-0.25, -0.2) is 8.42 Å². The molecule has 1 aromatic carbocycles. The van der Waals surface area contributed by atoms with Gasteiger partial charge in [0.1, 0.15) is 0 Å². The minimum absolute atomic E-state index is 0.248. The van der Waals surface area contributed by atoms with Crippen LogP contribution in [0.1, 0.15) is 25.8 Å². The smallest absolute Gasteiger partial charge is 0.182 e. The predicted octanol–water partition coefficient (Wildman–Crippen LogP) is 2.25. The summed E-state index contributed by atoms with van der Waals surface area (Å²) in [4.78, 5) is 2.69. The molecule has 0 spiro atoms. The van der Waals surface area contributed by atoms with Crippen molar-refractivity contribution in [3.8, 4) is 0 Å². The lowest BCUT2D eigenvalue weighted by molar-refractivity contribution is 0.276. The summed E-state index contributed by atoms with van der Waals surface area (Å²) in [6.07, 6.45) is 0.744. The first kappa shape index (κ1) is 13.6. The van der Waals surface area contributed by atoms with Gasteiger partial charge in [0, 0.05) is 12.6 Å². The Morgan fingerprint density at radius 1 is 1.22 bits per heavy atom. The third-order valence-corrected chi connectivity index (χ3v) is 5.89. The van der Waals surface area contributed by atoms with Crippen LogP contribution >= 0.6 is 0 Å². The predicted molar refractivity (Wildman–Crippen MR) is 73.5 cm³/mol. The molecule has 1 fully saturated rings. The average molecular weight is 267 g/mol. The van der Waals surface area contributed by atoms with Crippen molar-refractivity contribution in [2.45, 2.75) is 43.4 Å². The Balaban J connectivity index is 2.20. The molecule has 0 amide bonds.